The van der Waals surface area contributed by atoms with Gasteiger partial charge in [0.25, 0.3) is 42.4 Å². The first-order chi connectivity index (χ1) is 13.7. The number of hydrogen-bond donors (Lipinski definition) is 0. The molecular formula is C27H63Al3. The van der Waals surface area contributed by atoms with Crippen LogP contribution in [-0.2, 0) is 0 Å². The van der Waals surface area contributed by atoms with Gasteiger partial charge in [0.15, 0.2) is 0 Å². The van der Waals surface area contributed by atoms with Crippen LogP contribution in [0.15, 0.2) is 0 Å². The Balaban J connectivity index is -0.000000383. The van der Waals surface area contributed by atoms with E-state index in [1.165, 1.54) is 15.8 Å². The van der Waals surface area contributed by atoms with Gasteiger partial charge in [-0.05, 0) is 0 Å². The van der Waals surface area contributed by atoms with Crippen molar-refractivity contribution in [2.45, 2.75) is 150 Å². The molecule has 0 aliphatic carbocycles. The summed E-state index contributed by atoms with van der Waals surface area (Å²) in [4.78, 5) is 0. The number of rotatable bonds is 12. The summed E-state index contributed by atoms with van der Waals surface area (Å²) in [5.41, 5.74) is 0. The van der Waals surface area contributed by atoms with Crippen LogP contribution in [-0.4, -0.2) is 42.4 Å². The Morgan fingerprint density at radius 1 is 0.400 bits per heavy atom. The molecule has 0 rings (SSSR count). The Morgan fingerprint density at radius 3 is 0.700 bits per heavy atom. The molecule has 0 saturated carbocycles. The van der Waals surface area contributed by atoms with Crippen LogP contribution in [0.5, 0.6) is 0 Å². The molecule has 0 radical (unpaired) electrons. The van der Waals surface area contributed by atoms with Crippen molar-refractivity contribution in [3.8, 4) is 0 Å². The Morgan fingerprint density at radius 2 is 0.633 bits per heavy atom. The summed E-state index contributed by atoms with van der Waals surface area (Å²) >= 11 is -1.03. The molecule has 180 valence electrons. The van der Waals surface area contributed by atoms with Crippen LogP contribution < -0.4 is 0 Å². The van der Waals surface area contributed by atoms with Gasteiger partial charge >= 0.3 is 0 Å². The van der Waals surface area contributed by atoms with E-state index in [0.717, 1.165) is 32.1 Å². The van der Waals surface area contributed by atoms with Crippen molar-refractivity contribution >= 4 is 42.4 Å². The second-order valence-electron chi connectivity index (χ2n) is 12.2. The maximum Gasteiger partial charge on any atom is 0.270 e. The molecule has 0 aromatic rings. The third-order valence-corrected chi connectivity index (χ3v) is 19.4. The maximum atomic E-state index is 2.39. The van der Waals surface area contributed by atoms with Crippen molar-refractivity contribution < 1.29 is 0 Å². The Labute approximate surface area is 208 Å². The largest absolute Gasteiger partial charge is 0.270 e. The van der Waals surface area contributed by atoms with Crippen LogP contribution in [0.4, 0.5) is 0 Å². The summed E-state index contributed by atoms with van der Waals surface area (Å²) in [7, 11) is 0. The monoisotopic (exact) mass is 468 g/mol. The quantitative estimate of drug-likeness (QED) is 0.250. The van der Waals surface area contributed by atoms with Gasteiger partial charge in [-0.1, -0.05) is 168 Å². The highest BCUT2D eigenvalue weighted by atomic mass is 27.2. The van der Waals surface area contributed by atoms with Gasteiger partial charge < -0.3 is 0 Å². The molecule has 0 aliphatic heterocycles. The van der Waals surface area contributed by atoms with Crippen LogP contribution in [0.3, 0.4) is 0 Å². The molecule has 0 aromatic carbocycles. The van der Waals surface area contributed by atoms with Crippen molar-refractivity contribution in [2.24, 2.45) is 17.8 Å². The van der Waals surface area contributed by atoms with E-state index in [0.29, 0.717) is 0 Å². The molecule has 0 unspecified atom stereocenters. The molecule has 0 N–H and O–H groups in total. The van der Waals surface area contributed by atoms with Crippen LogP contribution >= 0.6 is 0 Å². The topological polar surface area (TPSA) is 0 Å². The first-order valence-electron chi connectivity index (χ1n) is 13.7. The van der Waals surface area contributed by atoms with Crippen molar-refractivity contribution in [3.05, 3.63) is 0 Å². The highest BCUT2D eigenvalue weighted by Crippen LogP contribution is 2.29. The normalized spacial score (nSPS) is 11.1. The molecule has 0 atom stereocenters. The van der Waals surface area contributed by atoms with E-state index in [1.54, 1.807) is 15.8 Å². The highest BCUT2D eigenvalue weighted by Gasteiger charge is 2.27. The Kier molecular flexibility index (Phi) is 27.0. The molecule has 0 heterocycles. The van der Waals surface area contributed by atoms with E-state index >= 15 is 0 Å². The fourth-order valence-corrected chi connectivity index (χ4v) is 16.4. The summed E-state index contributed by atoms with van der Waals surface area (Å²) in [6.07, 6.45) is 0. The summed E-state index contributed by atoms with van der Waals surface area (Å²) in [5.74, 6) is 2.78. The molecule has 0 fully saturated rings. The molecule has 3 heteroatoms. The molecule has 0 spiro atoms. The van der Waals surface area contributed by atoms with Gasteiger partial charge in [-0.15, -0.1) is 0 Å². The summed E-state index contributed by atoms with van der Waals surface area (Å²) in [5, 5.41) is 9.14. The maximum absolute atomic E-state index is 2.39. The lowest BCUT2D eigenvalue weighted by Gasteiger charge is -2.22. The van der Waals surface area contributed by atoms with Crippen LogP contribution in [0.25, 0.3) is 0 Å². The Bertz CT molecular complexity index is 283. The number of hydrogen-bond acceptors (Lipinski definition) is 0. The lowest BCUT2D eigenvalue weighted by Crippen LogP contribution is -2.24. The second-order valence-corrected chi connectivity index (χ2v) is 24.6. The molecule has 0 bridgehead atoms. The third kappa shape index (κ3) is 24.2. The summed E-state index contributed by atoms with van der Waals surface area (Å²) < 4.78 is 2.92. The van der Waals surface area contributed by atoms with E-state index < -0.39 is 28.3 Å². The van der Waals surface area contributed by atoms with E-state index in [1.807, 2.05) is 0 Å². The van der Waals surface area contributed by atoms with Gasteiger partial charge in [0.1, 0.15) is 0 Å². The molecule has 0 amide bonds. The van der Waals surface area contributed by atoms with E-state index in [2.05, 4.69) is 104 Å². The summed E-state index contributed by atoms with van der Waals surface area (Å²) in [6, 6.07) is 0. The van der Waals surface area contributed by atoms with Crippen LogP contribution in [0.1, 0.15) is 104 Å². The lowest BCUT2D eigenvalue weighted by molar-refractivity contribution is 0.659. The van der Waals surface area contributed by atoms with Gasteiger partial charge in [-0.3, -0.25) is 0 Å². The van der Waals surface area contributed by atoms with E-state index in [4.69, 9.17) is 0 Å². The van der Waals surface area contributed by atoms with Gasteiger partial charge in [0.05, 0.1) is 0 Å². The minimum absolute atomic E-state index is 0.171. The average molecular weight is 469 g/mol. The van der Waals surface area contributed by atoms with Crippen molar-refractivity contribution in [1.29, 1.82) is 0 Å². The minimum Gasteiger partial charge on any atom is -0.0967 e. The predicted molar refractivity (Wildman–Crippen MR) is 153 cm³/mol. The molecule has 0 aliphatic rings. The Hall–Kier alpha value is 1.60. The predicted octanol–water partition coefficient (Wildman–Crippen LogP) is 10.7. The molecule has 30 heavy (non-hydrogen) atoms. The van der Waals surface area contributed by atoms with Crippen molar-refractivity contribution in [1.82, 2.24) is 0 Å². The first kappa shape index (κ1) is 36.2. The third-order valence-electron chi connectivity index (χ3n) is 6.46. The zero-order valence-corrected chi connectivity index (χ0v) is 27.9. The first-order valence-corrected chi connectivity index (χ1v) is 20.6. The molecule has 0 saturated heterocycles. The molecular weight excluding hydrogens is 405 g/mol. The van der Waals surface area contributed by atoms with E-state index in [9.17, 15) is 0 Å². The van der Waals surface area contributed by atoms with Crippen molar-refractivity contribution in [3.63, 3.8) is 0 Å². The van der Waals surface area contributed by atoms with Crippen molar-refractivity contribution in [2.75, 3.05) is 0 Å². The highest BCUT2D eigenvalue weighted by molar-refractivity contribution is 6.63. The molecule has 0 nitrogen and oxygen atoms in total. The summed E-state index contributed by atoms with van der Waals surface area (Å²) in [6.45, 7) is 35.5. The average Bonchev–Trinajstić information content (AvgIpc) is 2.54. The lowest BCUT2D eigenvalue weighted by atomic mass is 10.2. The zero-order chi connectivity index (χ0) is 24.4. The van der Waals surface area contributed by atoms with Gasteiger partial charge in [-0.25, -0.2) is 0 Å². The minimum atomic E-state index is -0.454. The standard InChI is InChI=1S/3C4H9.3C3H7.3C2H5.3Al/c3*1-4(2)3;3*1-3-2;3*1-2;;;/h3*4H,1H2,2-3H3;3*3H,1-2H3;3*1H2,2H3;;;. The second kappa shape index (κ2) is 22.4. The van der Waals surface area contributed by atoms with Gasteiger partial charge in [0.2, 0.25) is 0 Å². The smallest absolute Gasteiger partial charge is 0.0967 e. The van der Waals surface area contributed by atoms with Gasteiger partial charge in [0, 0.05) is 0 Å². The van der Waals surface area contributed by atoms with E-state index in [-0.39, 0.29) is 14.1 Å². The van der Waals surface area contributed by atoms with Gasteiger partial charge in [-0.2, -0.15) is 0 Å². The van der Waals surface area contributed by atoms with Crippen LogP contribution in [0, 0.1) is 17.8 Å². The fraction of sp³-hybridized carbons (Fsp3) is 1.00. The van der Waals surface area contributed by atoms with Crippen LogP contribution in [0.2, 0.25) is 46.0 Å². The SMILES string of the molecule is CC(C)[CH2][Al]([CH2]C(C)C)[CH2]C(C)C.C[CH2][Al]([CH2]C)[CH2]C.C[CH](C)[Al]([CH](C)C)[CH](C)C. The zero-order valence-electron chi connectivity index (χ0n) is 24.4. The molecule has 0 aromatic heterocycles. The fourth-order valence-electron chi connectivity index (χ4n) is 5.46.